The number of aliphatic hydroxyl groups excluding tert-OH is 1. The Morgan fingerprint density at radius 3 is 3.00 bits per heavy atom. The van der Waals surface area contributed by atoms with Gasteiger partial charge in [-0.15, -0.1) is 0 Å². The molecule has 88 valence electrons. The highest BCUT2D eigenvalue weighted by Gasteiger charge is 2.18. The number of aryl methyl sites for hydroxylation is 1. The number of fused-ring (bicyclic) bond motifs is 1. The quantitative estimate of drug-likeness (QED) is 0.882. The molecule has 1 aliphatic rings. The molecule has 1 atom stereocenters. The number of aliphatic hydroxyl groups is 1. The van der Waals surface area contributed by atoms with E-state index in [1.807, 2.05) is 24.4 Å². The first kappa shape index (κ1) is 10.8. The molecule has 2 aromatic rings. The maximum Gasteiger partial charge on any atom is 0.122 e. The second kappa shape index (κ2) is 4.17. The van der Waals surface area contributed by atoms with E-state index in [4.69, 9.17) is 4.74 Å². The van der Waals surface area contributed by atoms with E-state index in [0.29, 0.717) is 0 Å². The first-order valence-corrected chi connectivity index (χ1v) is 6.66. The van der Waals surface area contributed by atoms with Crippen molar-refractivity contribution in [2.75, 3.05) is 6.61 Å². The molecule has 0 radical (unpaired) electrons. The van der Waals surface area contributed by atoms with Crippen molar-refractivity contribution in [3.8, 4) is 5.75 Å². The van der Waals surface area contributed by atoms with Crippen molar-refractivity contribution in [3.05, 3.63) is 51.2 Å². The van der Waals surface area contributed by atoms with E-state index < -0.39 is 6.10 Å². The first-order chi connectivity index (χ1) is 8.25. The van der Waals surface area contributed by atoms with Crippen LogP contribution < -0.4 is 4.74 Å². The minimum absolute atomic E-state index is 0.521. The Kier molecular flexibility index (Phi) is 2.65. The predicted molar refractivity (Wildman–Crippen MR) is 68.8 cm³/mol. The molecule has 0 amide bonds. The average Bonchev–Trinajstić information content (AvgIpc) is 2.95. The van der Waals surface area contributed by atoms with Crippen molar-refractivity contribution in [2.24, 2.45) is 0 Å². The summed E-state index contributed by atoms with van der Waals surface area (Å²) in [6.07, 6.45) is 0.422. The van der Waals surface area contributed by atoms with Crippen LogP contribution in [0.1, 0.15) is 28.4 Å². The molecule has 0 spiro atoms. The summed E-state index contributed by atoms with van der Waals surface area (Å²) in [5.74, 6) is 0.961. The summed E-state index contributed by atoms with van der Waals surface area (Å²) in [6.45, 7) is 2.79. The highest BCUT2D eigenvalue weighted by molar-refractivity contribution is 7.08. The molecule has 1 aromatic heterocycles. The molecule has 2 nitrogen and oxygen atoms in total. The van der Waals surface area contributed by atoms with Gasteiger partial charge in [0, 0.05) is 6.42 Å². The summed E-state index contributed by atoms with van der Waals surface area (Å²) in [6, 6.07) is 5.97. The Balaban J connectivity index is 1.97. The lowest BCUT2D eigenvalue weighted by Crippen LogP contribution is -2.00. The third-order valence-electron chi connectivity index (χ3n) is 3.22. The zero-order valence-electron chi connectivity index (χ0n) is 9.64. The molecule has 0 saturated carbocycles. The molecule has 3 heteroatoms. The van der Waals surface area contributed by atoms with Crippen molar-refractivity contribution >= 4 is 11.3 Å². The zero-order chi connectivity index (χ0) is 11.8. The second-order valence-electron chi connectivity index (χ2n) is 4.38. The van der Waals surface area contributed by atoms with E-state index in [1.165, 1.54) is 5.56 Å². The van der Waals surface area contributed by atoms with Gasteiger partial charge in [0.15, 0.2) is 0 Å². The van der Waals surface area contributed by atoms with Crippen LogP contribution in [0.3, 0.4) is 0 Å². The monoisotopic (exact) mass is 246 g/mol. The summed E-state index contributed by atoms with van der Waals surface area (Å²) in [4.78, 5) is 0. The highest BCUT2D eigenvalue weighted by Crippen LogP contribution is 2.32. The Bertz CT molecular complexity index is 545. The van der Waals surface area contributed by atoms with Crippen LogP contribution in [0.25, 0.3) is 0 Å². The fourth-order valence-corrected chi connectivity index (χ4v) is 3.08. The van der Waals surface area contributed by atoms with Gasteiger partial charge >= 0.3 is 0 Å². The van der Waals surface area contributed by atoms with Gasteiger partial charge in [-0.1, -0.05) is 6.07 Å². The third kappa shape index (κ3) is 1.85. The fourth-order valence-electron chi connectivity index (χ4n) is 2.21. The van der Waals surface area contributed by atoms with E-state index >= 15 is 0 Å². The van der Waals surface area contributed by atoms with E-state index in [0.717, 1.165) is 35.5 Å². The minimum Gasteiger partial charge on any atom is -0.493 e. The van der Waals surface area contributed by atoms with Gasteiger partial charge in [-0.2, -0.15) is 11.3 Å². The molecule has 0 aliphatic carbocycles. The minimum atomic E-state index is -0.521. The Labute approximate surface area is 104 Å². The Morgan fingerprint density at radius 2 is 2.24 bits per heavy atom. The summed E-state index contributed by atoms with van der Waals surface area (Å²) >= 11 is 1.63. The zero-order valence-corrected chi connectivity index (χ0v) is 10.5. The maximum atomic E-state index is 10.4. The van der Waals surface area contributed by atoms with E-state index in [1.54, 1.807) is 11.3 Å². The topological polar surface area (TPSA) is 29.5 Å². The lowest BCUT2D eigenvalue weighted by atomic mass is 9.99. The molecular formula is C14H14O2S. The van der Waals surface area contributed by atoms with Gasteiger partial charge in [0.1, 0.15) is 11.9 Å². The van der Waals surface area contributed by atoms with Crippen LogP contribution in [-0.2, 0) is 6.42 Å². The van der Waals surface area contributed by atoms with Crippen LogP contribution in [-0.4, -0.2) is 11.7 Å². The summed E-state index contributed by atoms with van der Waals surface area (Å²) in [7, 11) is 0. The smallest absolute Gasteiger partial charge is 0.122 e. The number of thiophene rings is 1. The van der Waals surface area contributed by atoms with Crippen LogP contribution >= 0.6 is 11.3 Å². The molecular weight excluding hydrogens is 232 g/mol. The number of benzene rings is 1. The van der Waals surface area contributed by atoms with Crippen molar-refractivity contribution in [2.45, 2.75) is 19.4 Å². The molecule has 0 fully saturated rings. The Hall–Kier alpha value is -1.32. The molecule has 0 bridgehead atoms. The Morgan fingerprint density at radius 1 is 1.35 bits per heavy atom. The van der Waals surface area contributed by atoms with Crippen molar-refractivity contribution in [1.82, 2.24) is 0 Å². The second-order valence-corrected chi connectivity index (χ2v) is 5.12. The standard InChI is InChI=1S/C14H14O2S/c1-9-7-17-8-12(9)14(15)11-2-3-13-10(6-11)4-5-16-13/h2-3,6-8,14-15H,4-5H2,1H3. The molecule has 17 heavy (non-hydrogen) atoms. The number of hydrogen-bond donors (Lipinski definition) is 1. The summed E-state index contributed by atoms with van der Waals surface area (Å²) in [5.41, 5.74) is 4.32. The van der Waals surface area contributed by atoms with Crippen molar-refractivity contribution < 1.29 is 9.84 Å². The number of hydrogen-bond acceptors (Lipinski definition) is 3. The van der Waals surface area contributed by atoms with Gasteiger partial charge < -0.3 is 9.84 Å². The molecule has 1 aromatic carbocycles. The van der Waals surface area contributed by atoms with E-state index in [2.05, 4.69) is 11.4 Å². The molecule has 1 unspecified atom stereocenters. The van der Waals surface area contributed by atoms with Crippen molar-refractivity contribution in [3.63, 3.8) is 0 Å². The van der Waals surface area contributed by atoms with Gasteiger partial charge in [0.2, 0.25) is 0 Å². The average molecular weight is 246 g/mol. The lowest BCUT2D eigenvalue weighted by molar-refractivity contribution is 0.220. The van der Waals surface area contributed by atoms with E-state index in [-0.39, 0.29) is 0 Å². The molecule has 2 heterocycles. The summed E-state index contributed by atoms with van der Waals surface area (Å²) < 4.78 is 5.47. The molecule has 3 rings (SSSR count). The third-order valence-corrected chi connectivity index (χ3v) is 4.10. The first-order valence-electron chi connectivity index (χ1n) is 5.72. The van der Waals surface area contributed by atoms with Crippen LogP contribution in [0, 0.1) is 6.92 Å². The highest BCUT2D eigenvalue weighted by atomic mass is 32.1. The predicted octanol–water partition coefficient (Wildman–Crippen LogP) is 3.07. The maximum absolute atomic E-state index is 10.4. The van der Waals surface area contributed by atoms with Gasteiger partial charge in [-0.05, 0) is 52.1 Å². The number of ether oxygens (including phenoxy) is 1. The van der Waals surface area contributed by atoms with Gasteiger partial charge in [-0.3, -0.25) is 0 Å². The van der Waals surface area contributed by atoms with Crippen LogP contribution in [0.5, 0.6) is 5.75 Å². The number of rotatable bonds is 2. The molecule has 1 aliphatic heterocycles. The molecule has 1 N–H and O–H groups in total. The van der Waals surface area contributed by atoms with Gasteiger partial charge in [-0.25, -0.2) is 0 Å². The van der Waals surface area contributed by atoms with Crippen molar-refractivity contribution in [1.29, 1.82) is 0 Å². The van der Waals surface area contributed by atoms with Crippen LogP contribution in [0.2, 0.25) is 0 Å². The lowest BCUT2D eigenvalue weighted by Gasteiger charge is -2.12. The fraction of sp³-hybridized carbons (Fsp3) is 0.286. The molecule has 0 saturated heterocycles. The van der Waals surface area contributed by atoms with Gasteiger partial charge in [0.25, 0.3) is 0 Å². The van der Waals surface area contributed by atoms with E-state index in [9.17, 15) is 5.11 Å². The summed E-state index contributed by atoms with van der Waals surface area (Å²) in [5, 5.41) is 14.4. The SMILES string of the molecule is Cc1cscc1C(O)c1ccc2c(c1)CCO2. The largest absolute Gasteiger partial charge is 0.493 e. The normalized spacial score (nSPS) is 15.4. The van der Waals surface area contributed by atoms with Crippen LogP contribution in [0.15, 0.2) is 29.0 Å². The van der Waals surface area contributed by atoms with Crippen LogP contribution in [0.4, 0.5) is 0 Å². The van der Waals surface area contributed by atoms with Gasteiger partial charge in [0.05, 0.1) is 6.61 Å².